The molecule has 1 N–H and O–H groups in total. The highest BCUT2D eigenvalue weighted by molar-refractivity contribution is 6.35. The molecule has 1 heterocycles. The third-order valence-electron chi connectivity index (χ3n) is 2.83. The maximum atomic E-state index is 11.8. The van der Waals surface area contributed by atoms with Crippen molar-refractivity contribution in [2.75, 3.05) is 0 Å². The highest BCUT2D eigenvalue weighted by Gasteiger charge is 2.36. The van der Waals surface area contributed by atoms with Gasteiger partial charge in [-0.25, -0.2) is 4.98 Å². The number of aromatic nitrogens is 1. The molecule has 0 bridgehead atoms. The Morgan fingerprint density at radius 1 is 1.62 bits per heavy atom. The predicted octanol–water partition coefficient (Wildman–Crippen LogP) is 2.92. The van der Waals surface area contributed by atoms with Gasteiger partial charge in [0, 0.05) is 12.2 Å². The summed E-state index contributed by atoms with van der Waals surface area (Å²) in [6.45, 7) is 2.12. The van der Waals surface area contributed by atoms with Crippen LogP contribution >= 0.6 is 23.2 Å². The molecular weight excluding hydrogens is 247 g/mol. The topological polar surface area (TPSA) is 42.0 Å². The minimum absolute atomic E-state index is 0.171. The first-order valence-corrected chi connectivity index (χ1v) is 5.99. The zero-order chi connectivity index (χ0) is 11.7. The van der Waals surface area contributed by atoms with Crippen molar-refractivity contribution in [3.05, 3.63) is 28.0 Å². The Hall–Kier alpha value is -0.800. The number of pyridine rings is 1. The molecule has 1 saturated carbocycles. The molecule has 2 unspecified atom stereocenters. The molecule has 0 aliphatic heterocycles. The van der Waals surface area contributed by atoms with Gasteiger partial charge in [-0.15, -0.1) is 0 Å². The van der Waals surface area contributed by atoms with Crippen LogP contribution in [0, 0.1) is 5.92 Å². The van der Waals surface area contributed by atoms with Crippen molar-refractivity contribution in [3.63, 3.8) is 0 Å². The van der Waals surface area contributed by atoms with Crippen molar-refractivity contribution in [3.8, 4) is 0 Å². The van der Waals surface area contributed by atoms with Gasteiger partial charge in [0.05, 0.1) is 10.6 Å². The summed E-state index contributed by atoms with van der Waals surface area (Å²) in [4.78, 5) is 15.6. The highest BCUT2D eigenvalue weighted by Crippen LogP contribution is 2.33. The quantitative estimate of drug-likeness (QED) is 0.848. The molecule has 1 aliphatic rings. The Balaban J connectivity index is 2.06. The molecule has 1 fully saturated rings. The van der Waals surface area contributed by atoms with Crippen LogP contribution in [-0.4, -0.2) is 16.9 Å². The molecule has 16 heavy (non-hydrogen) atoms. The van der Waals surface area contributed by atoms with E-state index in [0.717, 1.165) is 12.8 Å². The van der Waals surface area contributed by atoms with E-state index < -0.39 is 0 Å². The number of hydrogen-bond donors (Lipinski definition) is 1. The number of hydrogen-bond acceptors (Lipinski definition) is 2. The minimum Gasteiger partial charge on any atom is -0.349 e. The SMILES string of the molecule is CCC1CC1NC(=O)c1cc(Cl)ncc1Cl. The van der Waals surface area contributed by atoms with Gasteiger partial charge in [-0.05, 0) is 18.4 Å². The number of carbonyl (C=O) groups excluding carboxylic acids is 1. The van der Waals surface area contributed by atoms with Gasteiger partial charge in [0.25, 0.3) is 5.91 Å². The van der Waals surface area contributed by atoms with Crippen molar-refractivity contribution in [1.29, 1.82) is 0 Å². The van der Waals surface area contributed by atoms with Gasteiger partial charge in [-0.2, -0.15) is 0 Å². The summed E-state index contributed by atoms with van der Waals surface area (Å²) in [6, 6.07) is 1.78. The lowest BCUT2D eigenvalue weighted by Gasteiger charge is -2.05. The molecule has 86 valence electrons. The molecular formula is C11H12Cl2N2O. The van der Waals surface area contributed by atoms with Crippen LogP contribution in [-0.2, 0) is 0 Å². The van der Waals surface area contributed by atoms with Crippen molar-refractivity contribution in [2.45, 2.75) is 25.8 Å². The van der Waals surface area contributed by atoms with Gasteiger partial charge in [0.15, 0.2) is 0 Å². The first-order chi connectivity index (χ1) is 7.61. The van der Waals surface area contributed by atoms with Crippen LogP contribution in [0.3, 0.4) is 0 Å². The summed E-state index contributed by atoms with van der Waals surface area (Å²) >= 11 is 11.6. The summed E-state index contributed by atoms with van der Waals surface area (Å²) in [5.74, 6) is 0.440. The molecule has 0 radical (unpaired) electrons. The van der Waals surface area contributed by atoms with Crippen LogP contribution in [0.1, 0.15) is 30.1 Å². The Labute approximate surface area is 104 Å². The number of halogens is 2. The smallest absolute Gasteiger partial charge is 0.253 e. The van der Waals surface area contributed by atoms with E-state index in [-0.39, 0.29) is 11.1 Å². The average molecular weight is 259 g/mol. The second-order valence-corrected chi connectivity index (χ2v) is 4.77. The fourth-order valence-corrected chi connectivity index (χ4v) is 2.06. The molecule has 0 saturated heterocycles. The van der Waals surface area contributed by atoms with E-state index in [9.17, 15) is 4.79 Å². The monoisotopic (exact) mass is 258 g/mol. The Kier molecular flexibility index (Phi) is 3.36. The standard InChI is InChI=1S/C11H12Cl2N2O/c1-2-6-3-9(6)15-11(16)7-4-10(13)14-5-8(7)12/h4-6,9H,2-3H2,1H3,(H,15,16). The van der Waals surface area contributed by atoms with E-state index in [1.807, 2.05) is 0 Å². The first-order valence-electron chi connectivity index (χ1n) is 5.23. The number of nitrogens with one attached hydrogen (secondary N) is 1. The largest absolute Gasteiger partial charge is 0.349 e. The average Bonchev–Trinajstić information content (AvgIpc) is 3.00. The van der Waals surface area contributed by atoms with E-state index in [1.54, 1.807) is 0 Å². The lowest BCUT2D eigenvalue weighted by atomic mass is 10.2. The maximum Gasteiger partial charge on any atom is 0.253 e. The third kappa shape index (κ3) is 2.47. The zero-order valence-electron chi connectivity index (χ0n) is 8.84. The van der Waals surface area contributed by atoms with E-state index in [1.165, 1.54) is 12.3 Å². The van der Waals surface area contributed by atoms with E-state index in [4.69, 9.17) is 23.2 Å². The van der Waals surface area contributed by atoms with Crippen LogP contribution in [0.5, 0.6) is 0 Å². The summed E-state index contributed by atoms with van der Waals surface area (Å²) < 4.78 is 0. The predicted molar refractivity (Wildman–Crippen MR) is 63.9 cm³/mol. The number of rotatable bonds is 3. The summed E-state index contributed by atoms with van der Waals surface area (Å²) in [5.41, 5.74) is 0.392. The normalized spacial score (nSPS) is 22.9. The van der Waals surface area contributed by atoms with Gasteiger partial charge in [-0.3, -0.25) is 4.79 Å². The maximum absolute atomic E-state index is 11.8. The second-order valence-electron chi connectivity index (χ2n) is 3.97. The van der Waals surface area contributed by atoms with Crippen LogP contribution in [0.25, 0.3) is 0 Å². The van der Waals surface area contributed by atoms with E-state index in [2.05, 4.69) is 17.2 Å². The van der Waals surface area contributed by atoms with Gasteiger partial charge in [0.1, 0.15) is 5.15 Å². The lowest BCUT2D eigenvalue weighted by molar-refractivity contribution is 0.0949. The Morgan fingerprint density at radius 2 is 2.38 bits per heavy atom. The number of nitrogens with zero attached hydrogens (tertiary/aromatic N) is 1. The summed E-state index contributed by atoms with van der Waals surface area (Å²) in [6.07, 6.45) is 3.54. The molecule has 2 atom stereocenters. The number of amides is 1. The van der Waals surface area contributed by atoms with E-state index >= 15 is 0 Å². The molecule has 1 amide bonds. The van der Waals surface area contributed by atoms with Crippen molar-refractivity contribution in [1.82, 2.24) is 10.3 Å². The van der Waals surface area contributed by atoms with Crippen LogP contribution in [0.15, 0.2) is 12.3 Å². The molecule has 0 aromatic carbocycles. The second kappa shape index (κ2) is 4.60. The van der Waals surface area contributed by atoms with E-state index in [0.29, 0.717) is 22.5 Å². The molecule has 1 aromatic rings. The van der Waals surface area contributed by atoms with Gasteiger partial charge < -0.3 is 5.32 Å². The summed E-state index contributed by atoms with van der Waals surface area (Å²) in [7, 11) is 0. The van der Waals surface area contributed by atoms with Gasteiger partial charge in [-0.1, -0.05) is 36.5 Å². The summed E-state index contributed by atoms with van der Waals surface area (Å²) in [5, 5.41) is 3.53. The molecule has 2 rings (SSSR count). The fourth-order valence-electron chi connectivity index (χ4n) is 1.71. The molecule has 1 aliphatic carbocycles. The van der Waals surface area contributed by atoms with Crippen LogP contribution in [0.2, 0.25) is 10.2 Å². The first kappa shape index (κ1) is 11.7. The fraction of sp³-hybridized carbons (Fsp3) is 0.455. The Morgan fingerprint density at radius 3 is 3.00 bits per heavy atom. The molecule has 3 nitrogen and oxygen atoms in total. The van der Waals surface area contributed by atoms with Crippen molar-refractivity contribution >= 4 is 29.1 Å². The van der Waals surface area contributed by atoms with Crippen molar-refractivity contribution < 1.29 is 4.79 Å². The number of carbonyl (C=O) groups is 1. The van der Waals surface area contributed by atoms with Crippen molar-refractivity contribution in [2.24, 2.45) is 5.92 Å². The van der Waals surface area contributed by atoms with Gasteiger partial charge >= 0.3 is 0 Å². The molecule has 5 heteroatoms. The zero-order valence-corrected chi connectivity index (χ0v) is 10.3. The highest BCUT2D eigenvalue weighted by atomic mass is 35.5. The van der Waals surface area contributed by atoms with Gasteiger partial charge in [0.2, 0.25) is 0 Å². The Bertz CT molecular complexity index is 422. The minimum atomic E-state index is -0.171. The molecule has 1 aromatic heterocycles. The third-order valence-corrected chi connectivity index (χ3v) is 3.34. The lowest BCUT2D eigenvalue weighted by Crippen LogP contribution is -2.27. The van der Waals surface area contributed by atoms with Crippen LogP contribution in [0.4, 0.5) is 0 Å². The van der Waals surface area contributed by atoms with Crippen LogP contribution < -0.4 is 5.32 Å². The molecule has 0 spiro atoms.